The summed E-state index contributed by atoms with van der Waals surface area (Å²) in [7, 11) is 6.19. The number of halogens is 1. The summed E-state index contributed by atoms with van der Waals surface area (Å²) in [5, 5.41) is 8.90. The van der Waals surface area contributed by atoms with E-state index in [1.165, 1.54) is 7.11 Å². The number of hydrogen-bond donors (Lipinski definition) is 0. The van der Waals surface area contributed by atoms with E-state index < -0.39 is 5.97 Å². The summed E-state index contributed by atoms with van der Waals surface area (Å²) in [4.78, 5) is 13.4. The lowest BCUT2D eigenvalue weighted by Gasteiger charge is -2.13. The fourth-order valence-corrected chi connectivity index (χ4v) is 4.11. The fraction of sp³-hybridized carbons (Fsp3) is 0.207. The second-order valence-corrected chi connectivity index (χ2v) is 8.79. The molecule has 0 fully saturated rings. The van der Waals surface area contributed by atoms with Gasteiger partial charge < -0.3 is 23.7 Å². The van der Waals surface area contributed by atoms with E-state index in [1.54, 1.807) is 68.6 Å². The number of hydrogen-bond acceptors (Lipinski definition) is 8. The van der Waals surface area contributed by atoms with E-state index in [-0.39, 0.29) is 6.61 Å². The molecular formula is C29H28ClN3O6. The van der Waals surface area contributed by atoms with Crippen molar-refractivity contribution in [2.45, 2.75) is 13.2 Å². The highest BCUT2D eigenvalue weighted by molar-refractivity contribution is 6.30. The van der Waals surface area contributed by atoms with E-state index in [1.807, 2.05) is 30.3 Å². The summed E-state index contributed by atoms with van der Waals surface area (Å²) in [6, 6.07) is 18.0. The van der Waals surface area contributed by atoms with Crippen molar-refractivity contribution >= 4 is 29.2 Å². The zero-order valence-electron chi connectivity index (χ0n) is 22.0. The lowest BCUT2D eigenvalue weighted by molar-refractivity contribution is -0.137. The Labute approximate surface area is 231 Å². The maximum Gasteiger partial charge on any atom is 0.339 e. The molecule has 0 amide bonds. The van der Waals surface area contributed by atoms with E-state index in [0.29, 0.717) is 57.0 Å². The van der Waals surface area contributed by atoms with Gasteiger partial charge in [0.25, 0.3) is 0 Å². The van der Waals surface area contributed by atoms with E-state index in [4.69, 9.17) is 35.3 Å². The number of rotatable bonds is 11. The van der Waals surface area contributed by atoms with Gasteiger partial charge in [0.05, 0.1) is 46.8 Å². The first-order chi connectivity index (χ1) is 18.9. The largest absolute Gasteiger partial charge is 0.493 e. The van der Waals surface area contributed by atoms with Gasteiger partial charge in [0.15, 0.2) is 23.0 Å². The Morgan fingerprint density at radius 2 is 1.56 bits per heavy atom. The van der Waals surface area contributed by atoms with E-state index in [2.05, 4.69) is 10.3 Å². The Morgan fingerprint density at radius 3 is 2.26 bits per heavy atom. The lowest BCUT2D eigenvalue weighted by Crippen LogP contribution is -2.08. The SMILES string of the molecule is COc1ccc(/C=C(/C(=O)OCc2cn(Cc3cccc(Cl)c3)nn2)c2ccc(OC)c(OC)c2)cc1OC. The summed E-state index contributed by atoms with van der Waals surface area (Å²) in [6.45, 7) is 0.419. The van der Waals surface area contributed by atoms with Crippen molar-refractivity contribution in [1.29, 1.82) is 0 Å². The van der Waals surface area contributed by atoms with Gasteiger partial charge in [0.1, 0.15) is 12.3 Å². The van der Waals surface area contributed by atoms with Crippen LogP contribution in [-0.2, 0) is 22.7 Å². The fourth-order valence-electron chi connectivity index (χ4n) is 3.89. The highest BCUT2D eigenvalue weighted by atomic mass is 35.5. The molecule has 0 atom stereocenters. The number of aromatic nitrogens is 3. The van der Waals surface area contributed by atoms with Gasteiger partial charge in [0.2, 0.25) is 0 Å². The Bertz CT molecular complexity index is 1480. The molecule has 4 rings (SSSR count). The molecule has 0 spiro atoms. The van der Waals surface area contributed by atoms with E-state index in [9.17, 15) is 4.79 Å². The van der Waals surface area contributed by atoms with Gasteiger partial charge in [-0.25, -0.2) is 9.48 Å². The number of benzene rings is 3. The zero-order valence-corrected chi connectivity index (χ0v) is 22.8. The molecule has 9 nitrogen and oxygen atoms in total. The number of carbonyl (C=O) groups is 1. The van der Waals surface area contributed by atoms with Crippen molar-refractivity contribution < 1.29 is 28.5 Å². The molecule has 0 saturated heterocycles. The normalized spacial score (nSPS) is 11.2. The molecule has 1 heterocycles. The highest BCUT2D eigenvalue weighted by Crippen LogP contribution is 2.33. The van der Waals surface area contributed by atoms with Crippen LogP contribution in [0.2, 0.25) is 5.02 Å². The smallest absolute Gasteiger partial charge is 0.339 e. The summed E-state index contributed by atoms with van der Waals surface area (Å²) in [6.07, 6.45) is 3.43. The quantitative estimate of drug-likeness (QED) is 0.141. The molecule has 3 aromatic carbocycles. The van der Waals surface area contributed by atoms with E-state index in [0.717, 1.165) is 5.56 Å². The lowest BCUT2D eigenvalue weighted by atomic mass is 10.0. The maximum atomic E-state index is 13.4. The Morgan fingerprint density at radius 1 is 0.872 bits per heavy atom. The molecule has 0 bridgehead atoms. The molecule has 0 aliphatic carbocycles. The first-order valence-corrected chi connectivity index (χ1v) is 12.3. The van der Waals surface area contributed by atoms with Crippen LogP contribution in [-0.4, -0.2) is 49.4 Å². The van der Waals surface area contributed by atoms with Crippen molar-refractivity contribution in [3.8, 4) is 23.0 Å². The average molecular weight is 550 g/mol. The predicted molar refractivity (Wildman–Crippen MR) is 147 cm³/mol. The maximum absolute atomic E-state index is 13.4. The predicted octanol–water partition coefficient (Wildman–Crippen LogP) is 5.30. The third-order valence-corrected chi connectivity index (χ3v) is 6.04. The monoisotopic (exact) mass is 549 g/mol. The number of nitrogens with zero attached hydrogens (tertiary/aromatic N) is 3. The molecule has 0 unspecified atom stereocenters. The van der Waals surface area contributed by atoms with Crippen LogP contribution in [0.3, 0.4) is 0 Å². The second-order valence-electron chi connectivity index (χ2n) is 8.36. The van der Waals surface area contributed by atoms with Gasteiger partial charge in [-0.3, -0.25) is 0 Å². The zero-order chi connectivity index (χ0) is 27.8. The van der Waals surface area contributed by atoms with Gasteiger partial charge >= 0.3 is 5.97 Å². The van der Waals surface area contributed by atoms with Crippen LogP contribution in [0.25, 0.3) is 11.6 Å². The molecular weight excluding hydrogens is 522 g/mol. The molecule has 1 aromatic heterocycles. The van der Waals surface area contributed by atoms with Crippen LogP contribution in [0.1, 0.15) is 22.4 Å². The molecule has 0 aliphatic rings. The van der Waals surface area contributed by atoms with Crippen molar-refractivity contribution in [1.82, 2.24) is 15.0 Å². The molecule has 202 valence electrons. The molecule has 0 N–H and O–H groups in total. The van der Waals surface area contributed by atoms with Crippen LogP contribution in [0.5, 0.6) is 23.0 Å². The van der Waals surface area contributed by atoms with Gasteiger partial charge in [-0.15, -0.1) is 5.10 Å². The van der Waals surface area contributed by atoms with Crippen LogP contribution in [0.4, 0.5) is 0 Å². The van der Waals surface area contributed by atoms with Crippen LogP contribution >= 0.6 is 11.6 Å². The molecule has 10 heteroatoms. The van der Waals surface area contributed by atoms with Crippen molar-refractivity contribution in [2.75, 3.05) is 28.4 Å². The standard InChI is InChI=1S/C29H28ClN3O6/c1-35-25-10-8-19(14-27(25)37-3)13-24(21-9-11-26(36-2)28(15-21)38-4)29(34)39-18-23-17-33(32-31-23)16-20-6-5-7-22(30)12-20/h5-15,17H,16,18H2,1-4H3/b24-13+. The first kappa shape index (κ1) is 27.5. The minimum atomic E-state index is -0.554. The molecule has 39 heavy (non-hydrogen) atoms. The summed E-state index contributed by atoms with van der Waals surface area (Å²) >= 11 is 6.07. The minimum Gasteiger partial charge on any atom is -0.493 e. The van der Waals surface area contributed by atoms with Crippen LogP contribution in [0, 0.1) is 0 Å². The van der Waals surface area contributed by atoms with Crippen molar-refractivity contribution in [3.63, 3.8) is 0 Å². The van der Waals surface area contributed by atoms with Gasteiger partial charge in [-0.2, -0.15) is 0 Å². The molecule has 0 radical (unpaired) electrons. The van der Waals surface area contributed by atoms with Gasteiger partial charge in [-0.05, 0) is 59.2 Å². The third kappa shape index (κ3) is 6.88. The Balaban J connectivity index is 1.59. The van der Waals surface area contributed by atoms with Gasteiger partial charge in [-0.1, -0.05) is 41.1 Å². The first-order valence-electron chi connectivity index (χ1n) is 11.9. The average Bonchev–Trinajstić information content (AvgIpc) is 3.41. The second kappa shape index (κ2) is 12.8. The third-order valence-electron chi connectivity index (χ3n) is 5.80. The highest BCUT2D eigenvalue weighted by Gasteiger charge is 2.18. The number of ether oxygens (including phenoxy) is 5. The topological polar surface area (TPSA) is 93.9 Å². The summed E-state index contributed by atoms with van der Waals surface area (Å²) in [5.41, 5.74) is 3.07. The van der Waals surface area contributed by atoms with Crippen LogP contribution in [0.15, 0.2) is 66.9 Å². The summed E-state index contributed by atoms with van der Waals surface area (Å²) in [5.74, 6) is 1.57. The number of methoxy groups -OCH3 is 4. The number of esters is 1. The molecule has 0 saturated carbocycles. The van der Waals surface area contributed by atoms with Gasteiger partial charge in [0, 0.05) is 5.02 Å². The number of carbonyl (C=O) groups excluding carboxylic acids is 1. The molecule has 4 aromatic rings. The van der Waals surface area contributed by atoms with Crippen molar-refractivity contribution in [2.24, 2.45) is 0 Å². The Hall–Kier alpha value is -4.50. The summed E-state index contributed by atoms with van der Waals surface area (Å²) < 4.78 is 28.8. The minimum absolute atomic E-state index is 0.0645. The Kier molecular flexibility index (Phi) is 9.06. The van der Waals surface area contributed by atoms with Crippen LogP contribution < -0.4 is 18.9 Å². The van der Waals surface area contributed by atoms with Crippen molar-refractivity contribution in [3.05, 3.63) is 94.3 Å². The van der Waals surface area contributed by atoms with E-state index >= 15 is 0 Å². The molecule has 0 aliphatic heterocycles.